The van der Waals surface area contributed by atoms with Crippen molar-refractivity contribution in [3.63, 3.8) is 0 Å². The molecular weight excluding hydrogens is 274 g/mol. The van der Waals surface area contributed by atoms with E-state index in [1.54, 1.807) is 0 Å². The van der Waals surface area contributed by atoms with Crippen LogP contribution in [-0.2, 0) is 11.2 Å². The monoisotopic (exact) mass is 291 g/mol. The summed E-state index contributed by atoms with van der Waals surface area (Å²) >= 11 is 0. The fourth-order valence-corrected chi connectivity index (χ4v) is 2.68. The number of carbonyl (C=O) groups is 1. The van der Waals surface area contributed by atoms with Gasteiger partial charge in [0.05, 0.1) is 6.42 Å². The van der Waals surface area contributed by atoms with Crippen molar-refractivity contribution in [3.05, 3.63) is 71.9 Å². The molecule has 0 aliphatic heterocycles. The van der Waals surface area contributed by atoms with Crippen molar-refractivity contribution in [2.24, 2.45) is 0 Å². The van der Waals surface area contributed by atoms with Crippen LogP contribution in [0.3, 0.4) is 0 Å². The molecule has 3 nitrogen and oxygen atoms in total. The summed E-state index contributed by atoms with van der Waals surface area (Å²) in [5.74, 6) is -0.808. The van der Waals surface area contributed by atoms with Gasteiger partial charge in [-0.2, -0.15) is 0 Å². The average Bonchev–Trinajstić information content (AvgIpc) is 2.90. The van der Waals surface area contributed by atoms with Crippen LogP contribution in [0.15, 0.2) is 60.8 Å². The maximum atomic E-state index is 10.7. The van der Waals surface area contributed by atoms with E-state index in [-0.39, 0.29) is 6.42 Å². The Kier molecular flexibility index (Phi) is 3.79. The summed E-state index contributed by atoms with van der Waals surface area (Å²) in [6.07, 6.45) is 2.06. The zero-order valence-electron chi connectivity index (χ0n) is 12.3. The molecular formula is C19H17NO2. The lowest BCUT2D eigenvalue weighted by atomic mass is 10.00. The number of H-pyrrole nitrogens is 1. The second-order valence-corrected chi connectivity index (χ2v) is 5.34. The van der Waals surface area contributed by atoms with Gasteiger partial charge in [0.15, 0.2) is 0 Å². The van der Waals surface area contributed by atoms with Gasteiger partial charge in [0.2, 0.25) is 0 Å². The Morgan fingerprint density at radius 3 is 2.32 bits per heavy atom. The molecule has 0 saturated carbocycles. The van der Waals surface area contributed by atoms with Crippen LogP contribution in [0, 0.1) is 6.92 Å². The summed E-state index contributed by atoms with van der Waals surface area (Å²) in [6, 6.07) is 17.9. The van der Waals surface area contributed by atoms with Crippen molar-refractivity contribution >= 4 is 5.97 Å². The van der Waals surface area contributed by atoms with Crippen LogP contribution < -0.4 is 0 Å². The fraction of sp³-hybridized carbons (Fsp3) is 0.105. The fourth-order valence-electron chi connectivity index (χ4n) is 2.68. The summed E-state index contributed by atoms with van der Waals surface area (Å²) < 4.78 is 0. The van der Waals surface area contributed by atoms with Gasteiger partial charge >= 0.3 is 5.97 Å². The Balaban J connectivity index is 1.93. The highest BCUT2D eigenvalue weighted by molar-refractivity contribution is 5.77. The van der Waals surface area contributed by atoms with Crippen molar-refractivity contribution in [1.29, 1.82) is 0 Å². The third-order valence-electron chi connectivity index (χ3n) is 3.82. The van der Waals surface area contributed by atoms with Gasteiger partial charge in [0.25, 0.3) is 0 Å². The minimum atomic E-state index is -0.808. The van der Waals surface area contributed by atoms with Crippen molar-refractivity contribution in [3.8, 4) is 22.4 Å². The number of rotatable bonds is 4. The number of carboxylic acid groups (broad SMARTS) is 1. The van der Waals surface area contributed by atoms with Gasteiger partial charge in [0.1, 0.15) is 0 Å². The van der Waals surface area contributed by atoms with Crippen LogP contribution in [0.4, 0.5) is 0 Å². The highest BCUT2D eigenvalue weighted by Crippen LogP contribution is 2.31. The molecule has 0 fully saturated rings. The Hall–Kier alpha value is -2.81. The lowest BCUT2D eigenvalue weighted by Crippen LogP contribution is -1.99. The lowest BCUT2D eigenvalue weighted by Gasteiger charge is -2.04. The second kappa shape index (κ2) is 5.90. The minimum absolute atomic E-state index is 0.0572. The summed E-state index contributed by atoms with van der Waals surface area (Å²) in [4.78, 5) is 14.1. The Morgan fingerprint density at radius 2 is 1.68 bits per heavy atom. The molecule has 0 atom stereocenters. The van der Waals surface area contributed by atoms with E-state index in [4.69, 9.17) is 5.11 Å². The molecule has 3 aromatic rings. The number of aliphatic carboxylic acids is 1. The molecule has 0 bridgehead atoms. The largest absolute Gasteiger partial charge is 0.481 e. The number of aromatic amines is 1. The van der Waals surface area contributed by atoms with E-state index < -0.39 is 5.97 Å². The lowest BCUT2D eigenvalue weighted by molar-refractivity contribution is -0.136. The first-order valence-corrected chi connectivity index (χ1v) is 7.19. The van der Waals surface area contributed by atoms with Gasteiger partial charge < -0.3 is 10.1 Å². The van der Waals surface area contributed by atoms with Gasteiger partial charge in [0, 0.05) is 17.5 Å². The van der Waals surface area contributed by atoms with Gasteiger partial charge in [-0.3, -0.25) is 4.79 Å². The molecule has 2 N–H and O–H groups in total. The van der Waals surface area contributed by atoms with Gasteiger partial charge in [-0.05, 0) is 29.2 Å². The standard InChI is InChI=1S/C19H17NO2/c1-13-17(12-20-19(13)16-5-3-2-4-6-16)15-9-7-14(8-10-15)11-18(21)22/h2-10,12,20H,11H2,1H3,(H,21,22). The number of benzene rings is 2. The van der Waals surface area contributed by atoms with Gasteiger partial charge in [-0.25, -0.2) is 0 Å². The molecule has 3 heteroatoms. The number of hydrogen-bond donors (Lipinski definition) is 2. The molecule has 1 aromatic heterocycles. The van der Waals surface area contributed by atoms with E-state index in [1.165, 1.54) is 5.56 Å². The summed E-state index contributed by atoms with van der Waals surface area (Å²) in [6.45, 7) is 2.10. The molecule has 0 radical (unpaired) electrons. The molecule has 0 saturated heterocycles. The highest BCUT2D eigenvalue weighted by atomic mass is 16.4. The Morgan fingerprint density at radius 1 is 1.00 bits per heavy atom. The van der Waals surface area contributed by atoms with Gasteiger partial charge in [-0.1, -0.05) is 54.6 Å². The van der Waals surface area contributed by atoms with Crippen LogP contribution in [0.25, 0.3) is 22.4 Å². The number of hydrogen-bond acceptors (Lipinski definition) is 1. The number of nitrogens with one attached hydrogen (secondary N) is 1. The highest BCUT2D eigenvalue weighted by Gasteiger charge is 2.10. The maximum Gasteiger partial charge on any atom is 0.307 e. The molecule has 1 heterocycles. The third-order valence-corrected chi connectivity index (χ3v) is 3.82. The molecule has 2 aromatic carbocycles. The first-order valence-electron chi connectivity index (χ1n) is 7.19. The van der Waals surface area contributed by atoms with Gasteiger partial charge in [-0.15, -0.1) is 0 Å². The second-order valence-electron chi connectivity index (χ2n) is 5.34. The smallest absolute Gasteiger partial charge is 0.307 e. The van der Waals surface area contributed by atoms with Crippen molar-refractivity contribution in [2.45, 2.75) is 13.3 Å². The molecule has 0 unspecified atom stereocenters. The molecule has 22 heavy (non-hydrogen) atoms. The zero-order chi connectivity index (χ0) is 15.5. The summed E-state index contributed by atoms with van der Waals surface area (Å²) in [5, 5.41) is 8.82. The van der Waals surface area contributed by atoms with Crippen LogP contribution >= 0.6 is 0 Å². The van der Waals surface area contributed by atoms with E-state index in [0.29, 0.717) is 0 Å². The molecule has 3 rings (SSSR count). The SMILES string of the molecule is Cc1c(-c2ccc(CC(=O)O)cc2)c[nH]c1-c1ccccc1. The molecule has 0 spiro atoms. The first-order chi connectivity index (χ1) is 10.6. The molecule has 0 amide bonds. The van der Waals surface area contributed by atoms with Crippen LogP contribution in [0.2, 0.25) is 0 Å². The van der Waals surface area contributed by atoms with E-state index in [1.807, 2.05) is 48.7 Å². The molecule has 110 valence electrons. The van der Waals surface area contributed by atoms with E-state index >= 15 is 0 Å². The molecule has 0 aliphatic carbocycles. The molecule has 0 aliphatic rings. The average molecular weight is 291 g/mol. The van der Waals surface area contributed by atoms with E-state index in [0.717, 1.165) is 27.9 Å². The topological polar surface area (TPSA) is 53.1 Å². The van der Waals surface area contributed by atoms with E-state index in [2.05, 4.69) is 24.0 Å². The minimum Gasteiger partial charge on any atom is -0.481 e. The Bertz CT molecular complexity index is 786. The Labute approximate surface area is 129 Å². The number of carboxylic acids is 1. The summed E-state index contributed by atoms with van der Waals surface area (Å²) in [7, 11) is 0. The van der Waals surface area contributed by atoms with Crippen LogP contribution in [0.5, 0.6) is 0 Å². The van der Waals surface area contributed by atoms with Crippen molar-refractivity contribution in [1.82, 2.24) is 4.98 Å². The predicted molar refractivity (Wildman–Crippen MR) is 87.7 cm³/mol. The normalized spacial score (nSPS) is 10.6. The first kappa shape index (κ1) is 14.1. The third kappa shape index (κ3) is 2.79. The maximum absolute atomic E-state index is 10.7. The van der Waals surface area contributed by atoms with Crippen LogP contribution in [0.1, 0.15) is 11.1 Å². The van der Waals surface area contributed by atoms with E-state index in [9.17, 15) is 4.79 Å². The number of aromatic nitrogens is 1. The van der Waals surface area contributed by atoms with Crippen molar-refractivity contribution in [2.75, 3.05) is 0 Å². The van der Waals surface area contributed by atoms with Crippen molar-refractivity contribution < 1.29 is 9.90 Å². The zero-order valence-corrected chi connectivity index (χ0v) is 12.3. The van der Waals surface area contributed by atoms with Crippen LogP contribution in [-0.4, -0.2) is 16.1 Å². The summed E-state index contributed by atoms with van der Waals surface area (Å²) in [5.41, 5.74) is 6.51. The predicted octanol–water partition coefficient (Wildman–Crippen LogP) is 4.28. The quantitative estimate of drug-likeness (QED) is 0.753.